The number of anilines is 1. The molecule has 0 saturated heterocycles. The van der Waals surface area contributed by atoms with Crippen LogP contribution >= 0.6 is 15.9 Å². The second-order valence-electron chi connectivity index (χ2n) is 5.12. The Bertz CT molecular complexity index is 716. The van der Waals surface area contributed by atoms with Crippen LogP contribution in [0.1, 0.15) is 36.7 Å². The molecule has 0 fully saturated rings. The second kappa shape index (κ2) is 8.73. The lowest BCUT2D eigenvalue weighted by atomic mass is 10.1. The van der Waals surface area contributed by atoms with Crippen molar-refractivity contribution >= 4 is 27.5 Å². The quantitative estimate of drug-likeness (QED) is 0.717. The van der Waals surface area contributed by atoms with Gasteiger partial charge >= 0.3 is 0 Å². The molecular weight excluding hydrogens is 370 g/mol. The molecule has 2 aromatic rings. The van der Waals surface area contributed by atoms with Crippen molar-refractivity contribution in [1.82, 2.24) is 0 Å². The number of aryl methyl sites for hydroxylation is 1. The molecule has 4 nitrogen and oxygen atoms in total. The number of nitrogens with one attached hydrogen (secondary N) is 1. The Morgan fingerprint density at radius 2 is 1.79 bits per heavy atom. The van der Waals surface area contributed by atoms with E-state index in [9.17, 15) is 4.79 Å². The van der Waals surface area contributed by atoms with Crippen LogP contribution in [0, 0.1) is 0 Å². The maximum atomic E-state index is 12.6. The zero-order valence-electron chi connectivity index (χ0n) is 14.2. The third-order valence-electron chi connectivity index (χ3n) is 3.51. The maximum Gasteiger partial charge on any atom is 0.255 e. The molecule has 1 N–H and O–H groups in total. The van der Waals surface area contributed by atoms with Crippen molar-refractivity contribution in [3.05, 3.63) is 52.0 Å². The SMILES string of the molecule is CCOc1cc(C(=O)Nc2ccccc2CC)cc(Br)c1OCC. The third kappa shape index (κ3) is 4.29. The number of benzene rings is 2. The van der Waals surface area contributed by atoms with Crippen LogP contribution in [-0.2, 0) is 6.42 Å². The molecule has 24 heavy (non-hydrogen) atoms. The summed E-state index contributed by atoms with van der Waals surface area (Å²) in [5.41, 5.74) is 2.44. The predicted octanol–water partition coefficient (Wildman–Crippen LogP) is 5.06. The molecule has 1 amide bonds. The highest BCUT2D eigenvalue weighted by Gasteiger charge is 2.16. The average molecular weight is 392 g/mol. The number of amides is 1. The monoisotopic (exact) mass is 391 g/mol. The minimum absolute atomic E-state index is 0.180. The highest BCUT2D eigenvalue weighted by atomic mass is 79.9. The van der Waals surface area contributed by atoms with E-state index in [2.05, 4.69) is 28.2 Å². The van der Waals surface area contributed by atoms with Crippen molar-refractivity contribution < 1.29 is 14.3 Å². The molecule has 0 radical (unpaired) electrons. The minimum Gasteiger partial charge on any atom is -0.490 e. The molecule has 0 aliphatic rings. The van der Waals surface area contributed by atoms with Crippen LogP contribution in [0.15, 0.2) is 40.9 Å². The Balaban J connectivity index is 2.32. The van der Waals surface area contributed by atoms with E-state index in [4.69, 9.17) is 9.47 Å². The summed E-state index contributed by atoms with van der Waals surface area (Å²) in [7, 11) is 0. The number of hydrogen-bond acceptors (Lipinski definition) is 3. The highest BCUT2D eigenvalue weighted by Crippen LogP contribution is 2.37. The van der Waals surface area contributed by atoms with E-state index in [0.717, 1.165) is 17.7 Å². The molecule has 0 aliphatic carbocycles. The fraction of sp³-hybridized carbons (Fsp3) is 0.316. The molecule has 0 atom stereocenters. The topological polar surface area (TPSA) is 47.6 Å². The molecule has 0 aromatic heterocycles. The molecule has 128 valence electrons. The number of carbonyl (C=O) groups is 1. The summed E-state index contributed by atoms with van der Waals surface area (Å²) in [5.74, 6) is 0.994. The molecule has 0 spiro atoms. The summed E-state index contributed by atoms with van der Waals surface area (Å²) in [5, 5.41) is 2.97. The van der Waals surface area contributed by atoms with Crippen molar-refractivity contribution in [2.24, 2.45) is 0 Å². The summed E-state index contributed by atoms with van der Waals surface area (Å²) in [6.45, 7) is 6.88. The smallest absolute Gasteiger partial charge is 0.255 e. The van der Waals surface area contributed by atoms with E-state index in [1.165, 1.54) is 0 Å². The first-order valence-corrected chi connectivity index (χ1v) is 8.88. The van der Waals surface area contributed by atoms with Crippen LogP contribution < -0.4 is 14.8 Å². The average Bonchev–Trinajstić information content (AvgIpc) is 2.58. The van der Waals surface area contributed by atoms with Crippen molar-refractivity contribution in [1.29, 1.82) is 0 Å². The lowest BCUT2D eigenvalue weighted by molar-refractivity contribution is 0.102. The van der Waals surface area contributed by atoms with Crippen LogP contribution in [0.5, 0.6) is 11.5 Å². The minimum atomic E-state index is -0.180. The van der Waals surface area contributed by atoms with Crippen molar-refractivity contribution in [3.8, 4) is 11.5 Å². The summed E-state index contributed by atoms with van der Waals surface area (Å²) < 4.78 is 11.9. The summed E-state index contributed by atoms with van der Waals surface area (Å²) in [6, 6.07) is 11.3. The van der Waals surface area contributed by atoms with Gasteiger partial charge in [0.15, 0.2) is 11.5 Å². The maximum absolute atomic E-state index is 12.6. The van der Waals surface area contributed by atoms with E-state index >= 15 is 0 Å². The molecule has 2 aromatic carbocycles. The molecule has 2 rings (SSSR count). The van der Waals surface area contributed by atoms with E-state index in [1.807, 2.05) is 38.1 Å². The molecule has 0 saturated carbocycles. The second-order valence-corrected chi connectivity index (χ2v) is 5.97. The normalized spacial score (nSPS) is 10.3. The van der Waals surface area contributed by atoms with Gasteiger partial charge in [0, 0.05) is 11.3 Å². The van der Waals surface area contributed by atoms with Gasteiger partial charge in [0.2, 0.25) is 0 Å². The van der Waals surface area contributed by atoms with Gasteiger partial charge in [-0.2, -0.15) is 0 Å². The van der Waals surface area contributed by atoms with Gasteiger partial charge in [-0.15, -0.1) is 0 Å². The van der Waals surface area contributed by atoms with Gasteiger partial charge in [0.1, 0.15) is 0 Å². The summed E-state index contributed by atoms with van der Waals surface area (Å²) >= 11 is 3.47. The Labute approximate surface area is 151 Å². The first-order chi connectivity index (χ1) is 11.6. The van der Waals surface area contributed by atoms with Gasteiger partial charge in [-0.25, -0.2) is 0 Å². The Morgan fingerprint density at radius 3 is 2.46 bits per heavy atom. The highest BCUT2D eigenvalue weighted by molar-refractivity contribution is 9.10. The van der Waals surface area contributed by atoms with Crippen LogP contribution in [0.25, 0.3) is 0 Å². The van der Waals surface area contributed by atoms with E-state index in [0.29, 0.717) is 34.7 Å². The van der Waals surface area contributed by atoms with Gasteiger partial charge < -0.3 is 14.8 Å². The Morgan fingerprint density at radius 1 is 1.08 bits per heavy atom. The van der Waals surface area contributed by atoms with Crippen molar-refractivity contribution in [3.63, 3.8) is 0 Å². The predicted molar refractivity (Wildman–Crippen MR) is 100 cm³/mol. The van der Waals surface area contributed by atoms with E-state index < -0.39 is 0 Å². The van der Waals surface area contributed by atoms with Crippen molar-refractivity contribution in [2.45, 2.75) is 27.2 Å². The number of halogens is 1. The number of hydrogen-bond donors (Lipinski definition) is 1. The van der Waals surface area contributed by atoms with Crippen LogP contribution in [0.4, 0.5) is 5.69 Å². The Kier molecular flexibility index (Phi) is 6.67. The summed E-state index contributed by atoms with van der Waals surface area (Å²) in [6.07, 6.45) is 0.855. The molecule has 0 bridgehead atoms. The first kappa shape index (κ1) is 18.3. The molecule has 0 heterocycles. The standard InChI is InChI=1S/C19H22BrNO3/c1-4-13-9-7-8-10-16(13)21-19(22)14-11-15(20)18(24-6-3)17(12-14)23-5-2/h7-12H,4-6H2,1-3H3,(H,21,22). The third-order valence-corrected chi connectivity index (χ3v) is 4.10. The fourth-order valence-corrected chi connectivity index (χ4v) is 2.95. The number of para-hydroxylation sites is 1. The summed E-state index contributed by atoms with van der Waals surface area (Å²) in [4.78, 5) is 12.6. The first-order valence-electron chi connectivity index (χ1n) is 8.09. The zero-order chi connectivity index (χ0) is 17.5. The number of carbonyl (C=O) groups excluding carboxylic acids is 1. The van der Waals surface area contributed by atoms with Crippen LogP contribution in [0.3, 0.4) is 0 Å². The molecule has 5 heteroatoms. The zero-order valence-corrected chi connectivity index (χ0v) is 15.8. The van der Waals surface area contributed by atoms with Gasteiger partial charge in [-0.1, -0.05) is 25.1 Å². The Hall–Kier alpha value is -2.01. The van der Waals surface area contributed by atoms with Crippen molar-refractivity contribution in [2.75, 3.05) is 18.5 Å². The molecular formula is C19H22BrNO3. The molecule has 0 unspecified atom stereocenters. The largest absolute Gasteiger partial charge is 0.490 e. The lowest BCUT2D eigenvalue weighted by Crippen LogP contribution is -2.14. The number of ether oxygens (including phenoxy) is 2. The van der Waals surface area contributed by atoms with Crippen LogP contribution in [-0.4, -0.2) is 19.1 Å². The van der Waals surface area contributed by atoms with E-state index in [-0.39, 0.29) is 5.91 Å². The molecule has 0 aliphatic heterocycles. The number of rotatable bonds is 7. The van der Waals surface area contributed by atoms with Gasteiger partial charge in [0.05, 0.1) is 17.7 Å². The lowest BCUT2D eigenvalue weighted by Gasteiger charge is -2.15. The van der Waals surface area contributed by atoms with Gasteiger partial charge in [0.25, 0.3) is 5.91 Å². The van der Waals surface area contributed by atoms with Gasteiger partial charge in [-0.05, 0) is 60.0 Å². The van der Waals surface area contributed by atoms with Gasteiger partial charge in [-0.3, -0.25) is 4.79 Å². The van der Waals surface area contributed by atoms with Crippen LogP contribution in [0.2, 0.25) is 0 Å². The van der Waals surface area contributed by atoms with E-state index in [1.54, 1.807) is 12.1 Å². The fourth-order valence-electron chi connectivity index (χ4n) is 2.39.